The number of benzene rings is 13. The van der Waals surface area contributed by atoms with Gasteiger partial charge in [0.1, 0.15) is 0 Å². The number of hydrogen-bond donors (Lipinski definition) is 0. The molecular weight excluding hydrogens is 1050 g/mol. The molecule has 0 bridgehead atoms. The summed E-state index contributed by atoms with van der Waals surface area (Å²) in [6.45, 7) is 0. The molecule has 5 nitrogen and oxygen atoms in total. The summed E-state index contributed by atoms with van der Waals surface area (Å²) >= 11 is 0. The average Bonchev–Trinajstić information content (AvgIpc) is 3.76. The molecule has 0 spiro atoms. The first-order valence-electron chi connectivity index (χ1n) is 29.5. The van der Waals surface area contributed by atoms with Gasteiger partial charge in [-0.1, -0.05) is 200 Å². The maximum atomic E-state index is 2.32. The van der Waals surface area contributed by atoms with E-state index in [2.05, 4.69) is 395 Å². The van der Waals surface area contributed by atoms with Crippen LogP contribution in [0.2, 0.25) is 0 Å². The fourth-order valence-electron chi connectivity index (χ4n) is 11.1. The Hall–Kier alpha value is -11.7. The summed E-state index contributed by atoms with van der Waals surface area (Å²) < 4.78 is 0. The van der Waals surface area contributed by atoms with Crippen molar-refractivity contribution in [2.75, 3.05) is 24.5 Å². The summed E-state index contributed by atoms with van der Waals surface area (Å²) in [4.78, 5) is 11.6. The van der Waals surface area contributed by atoms with Gasteiger partial charge in [-0.25, -0.2) is 0 Å². The summed E-state index contributed by atoms with van der Waals surface area (Å²) in [6, 6.07) is 127. The minimum atomic E-state index is 1.04. The van der Waals surface area contributed by atoms with Gasteiger partial charge in [0.05, 0.1) is 0 Å². The molecule has 0 unspecified atom stereocenters. The van der Waals surface area contributed by atoms with Gasteiger partial charge in [-0.05, 0) is 204 Å². The lowest BCUT2D eigenvalue weighted by Gasteiger charge is -2.30. The lowest BCUT2D eigenvalue weighted by atomic mass is 10.1. The molecule has 416 valence electrons. The smallest absolute Gasteiger partial charge is 0.0463 e. The quantitative estimate of drug-likeness (QED) is 0.0748. The van der Waals surface area contributed by atoms with Gasteiger partial charge < -0.3 is 24.5 Å². The third-order valence-corrected chi connectivity index (χ3v) is 15.4. The molecule has 0 aliphatic heterocycles. The van der Waals surface area contributed by atoms with Crippen LogP contribution in [0.1, 0.15) is 22.3 Å². The van der Waals surface area contributed by atoms with Gasteiger partial charge in [0.2, 0.25) is 0 Å². The lowest BCUT2D eigenvalue weighted by Crippen LogP contribution is -2.13. The predicted molar refractivity (Wildman–Crippen MR) is 371 cm³/mol. The van der Waals surface area contributed by atoms with Crippen molar-refractivity contribution >= 4 is 110 Å². The molecule has 0 aliphatic carbocycles. The van der Waals surface area contributed by atoms with Crippen molar-refractivity contribution in [3.05, 3.63) is 380 Å². The van der Waals surface area contributed by atoms with E-state index in [1.54, 1.807) is 0 Å². The molecule has 0 saturated carbocycles. The molecule has 0 N–H and O–H groups in total. The molecule has 13 aromatic rings. The van der Waals surface area contributed by atoms with E-state index in [9.17, 15) is 0 Å². The van der Waals surface area contributed by atoms with Crippen LogP contribution >= 0.6 is 0 Å². The van der Waals surface area contributed by atoms with Gasteiger partial charge in [-0.15, -0.1) is 0 Å². The third-order valence-electron chi connectivity index (χ3n) is 15.4. The summed E-state index contributed by atoms with van der Waals surface area (Å²) in [5, 5.41) is 0. The summed E-state index contributed by atoms with van der Waals surface area (Å²) in [7, 11) is 0. The zero-order valence-electron chi connectivity index (χ0n) is 48.1. The van der Waals surface area contributed by atoms with E-state index in [-0.39, 0.29) is 0 Å². The topological polar surface area (TPSA) is 16.2 Å². The molecule has 0 aliphatic rings. The third kappa shape index (κ3) is 12.8. The fraction of sp³-hybridized carbons (Fsp3) is 0. The highest BCUT2D eigenvalue weighted by molar-refractivity contribution is 5.87. The van der Waals surface area contributed by atoms with E-state index in [1.165, 1.54) is 11.1 Å². The Balaban J connectivity index is 0.785. The van der Waals surface area contributed by atoms with Crippen LogP contribution in [0.5, 0.6) is 0 Å². The van der Waals surface area contributed by atoms with Crippen LogP contribution in [0.25, 0.3) is 24.3 Å². The molecule has 0 radical (unpaired) electrons. The summed E-state index contributed by atoms with van der Waals surface area (Å²) in [6.07, 6.45) is 8.63. The SMILES string of the molecule is C(=C\c1ccc(N(c2ccccc2)c2ccc(N(c3ccccc3)c3ccc(N(c4ccccc4)c4ccc(N(c5ccccc5)c5ccc(N(c6ccccc6)c6ccc(/C=C/c7ccccc7)cc6)cc5)cc4)cc3)cc2)cc1)/c1ccccc1. The number of hydrogen-bond acceptors (Lipinski definition) is 5. The Labute approximate surface area is 511 Å². The van der Waals surface area contributed by atoms with Gasteiger partial charge in [0.25, 0.3) is 0 Å². The van der Waals surface area contributed by atoms with Gasteiger partial charge >= 0.3 is 0 Å². The van der Waals surface area contributed by atoms with Crippen LogP contribution in [0, 0.1) is 0 Å². The number of anilines is 15. The van der Waals surface area contributed by atoms with Crippen LogP contribution in [0.3, 0.4) is 0 Å². The zero-order valence-corrected chi connectivity index (χ0v) is 48.1. The molecule has 0 aromatic heterocycles. The standard InChI is InChI=1S/C82H63N5/c1-8-22-64(23-9-1)36-38-66-40-44-73(45-41-66)83(68-26-12-3-13-27-68)75-48-52-77(53-49-75)85(70-30-16-5-17-31-70)79-56-60-81(61-57-79)87(72-34-20-7-21-35-72)82-62-58-80(59-63-82)86(71-32-18-6-19-33-71)78-54-50-76(51-55-78)84(69-28-14-4-15-29-69)74-46-42-67(43-47-74)39-37-65-24-10-2-11-25-65/h1-63H/b38-36+,39-37+. The van der Waals surface area contributed by atoms with E-state index < -0.39 is 0 Å². The number of nitrogens with zero attached hydrogens (tertiary/aromatic N) is 5. The molecule has 0 heterocycles. The van der Waals surface area contributed by atoms with E-state index in [1.807, 2.05) is 12.1 Å². The zero-order chi connectivity index (χ0) is 58.4. The highest BCUT2D eigenvalue weighted by atomic mass is 15.2. The molecule has 87 heavy (non-hydrogen) atoms. The van der Waals surface area contributed by atoms with Crippen molar-refractivity contribution < 1.29 is 0 Å². The Kier molecular flexibility index (Phi) is 16.5. The molecule has 13 aromatic carbocycles. The minimum Gasteiger partial charge on any atom is -0.311 e. The lowest BCUT2D eigenvalue weighted by molar-refractivity contribution is 1.24. The number of para-hydroxylation sites is 5. The Morgan fingerprint density at radius 3 is 0.391 bits per heavy atom. The van der Waals surface area contributed by atoms with E-state index in [0.29, 0.717) is 0 Å². The van der Waals surface area contributed by atoms with Crippen LogP contribution in [-0.2, 0) is 0 Å². The highest BCUT2D eigenvalue weighted by Crippen LogP contribution is 2.44. The Morgan fingerprint density at radius 1 is 0.115 bits per heavy atom. The van der Waals surface area contributed by atoms with Gasteiger partial charge in [-0.3, -0.25) is 0 Å². The maximum absolute atomic E-state index is 2.32. The van der Waals surface area contributed by atoms with Crippen molar-refractivity contribution in [2.24, 2.45) is 0 Å². The van der Waals surface area contributed by atoms with Crippen LogP contribution in [0.4, 0.5) is 85.3 Å². The van der Waals surface area contributed by atoms with Crippen molar-refractivity contribution in [1.29, 1.82) is 0 Å². The first-order valence-corrected chi connectivity index (χ1v) is 29.5. The van der Waals surface area contributed by atoms with E-state index >= 15 is 0 Å². The summed E-state index contributed by atoms with van der Waals surface area (Å²) in [5.74, 6) is 0. The first kappa shape index (κ1) is 54.6. The van der Waals surface area contributed by atoms with Crippen LogP contribution < -0.4 is 24.5 Å². The van der Waals surface area contributed by atoms with Gasteiger partial charge in [0.15, 0.2) is 0 Å². The predicted octanol–water partition coefficient (Wildman–Crippen LogP) is 23.4. The molecule has 0 fully saturated rings. The van der Waals surface area contributed by atoms with Crippen molar-refractivity contribution in [2.45, 2.75) is 0 Å². The second-order valence-electron chi connectivity index (χ2n) is 21.1. The molecule has 0 atom stereocenters. The average molecular weight is 1120 g/mol. The van der Waals surface area contributed by atoms with E-state index in [0.717, 1.165) is 96.4 Å². The Bertz CT molecular complexity index is 4030. The molecular formula is C82H63N5. The summed E-state index contributed by atoms with van der Waals surface area (Å²) in [5.41, 5.74) is 20.5. The van der Waals surface area contributed by atoms with E-state index in [4.69, 9.17) is 0 Å². The maximum Gasteiger partial charge on any atom is 0.0463 e. The van der Waals surface area contributed by atoms with Crippen LogP contribution in [0.15, 0.2) is 358 Å². The normalized spacial score (nSPS) is 11.1. The molecule has 5 heteroatoms. The van der Waals surface area contributed by atoms with Crippen molar-refractivity contribution in [1.82, 2.24) is 0 Å². The van der Waals surface area contributed by atoms with Crippen LogP contribution in [-0.4, -0.2) is 0 Å². The largest absolute Gasteiger partial charge is 0.311 e. The monoisotopic (exact) mass is 1120 g/mol. The number of rotatable bonds is 19. The fourth-order valence-corrected chi connectivity index (χ4v) is 11.1. The molecule has 0 amide bonds. The second kappa shape index (κ2) is 26.3. The molecule has 13 rings (SSSR count). The second-order valence-corrected chi connectivity index (χ2v) is 21.1. The van der Waals surface area contributed by atoms with Crippen molar-refractivity contribution in [3.8, 4) is 0 Å². The van der Waals surface area contributed by atoms with Gasteiger partial charge in [-0.2, -0.15) is 0 Å². The first-order chi connectivity index (χ1) is 43.1. The minimum absolute atomic E-state index is 1.04. The van der Waals surface area contributed by atoms with Crippen molar-refractivity contribution in [3.63, 3.8) is 0 Å². The highest BCUT2D eigenvalue weighted by Gasteiger charge is 2.21. The molecule has 0 saturated heterocycles. The Morgan fingerprint density at radius 2 is 0.230 bits per heavy atom. The van der Waals surface area contributed by atoms with Gasteiger partial charge in [0, 0.05) is 85.3 Å².